The number of benzene rings is 1. The molecule has 2 rings (SSSR count). The van der Waals surface area contributed by atoms with Gasteiger partial charge in [0.1, 0.15) is 5.69 Å². The minimum Gasteiger partial charge on any atom is -0.319 e. The molecule has 6 nitrogen and oxygen atoms in total. The average Bonchev–Trinajstić information content (AvgIpc) is 2.33. The molecule has 1 amide bonds. The SMILES string of the molecule is O=C(CN1CC(CF)C1)Nc1ccccc1[N+](=O)[O-]. The van der Waals surface area contributed by atoms with Gasteiger partial charge in [-0.15, -0.1) is 0 Å². The first-order valence-electron chi connectivity index (χ1n) is 5.91. The number of hydrogen-bond acceptors (Lipinski definition) is 4. The molecule has 0 radical (unpaired) electrons. The number of nitro benzene ring substituents is 1. The minimum atomic E-state index is -0.543. The van der Waals surface area contributed by atoms with Crippen LogP contribution in [0.15, 0.2) is 24.3 Å². The number of halogens is 1. The minimum absolute atomic E-state index is 0.0128. The van der Waals surface area contributed by atoms with Crippen molar-refractivity contribution in [2.45, 2.75) is 0 Å². The third kappa shape index (κ3) is 3.25. The summed E-state index contributed by atoms with van der Waals surface area (Å²) in [5.74, 6) is -0.314. The van der Waals surface area contributed by atoms with Crippen molar-refractivity contribution in [2.75, 3.05) is 31.6 Å². The van der Waals surface area contributed by atoms with E-state index < -0.39 is 4.92 Å². The number of alkyl halides is 1. The largest absolute Gasteiger partial charge is 0.319 e. The Labute approximate surface area is 109 Å². The summed E-state index contributed by atoms with van der Waals surface area (Å²) in [7, 11) is 0. The molecule has 0 atom stereocenters. The highest BCUT2D eigenvalue weighted by atomic mass is 19.1. The number of nitrogens with zero attached hydrogens (tertiary/aromatic N) is 2. The predicted octanol–water partition coefficient (Wildman–Crippen LogP) is 1.43. The zero-order valence-electron chi connectivity index (χ0n) is 10.2. The Morgan fingerprint density at radius 1 is 1.47 bits per heavy atom. The molecule has 7 heteroatoms. The molecular formula is C12H14FN3O3. The second-order valence-corrected chi connectivity index (χ2v) is 4.54. The molecule has 1 saturated heterocycles. The van der Waals surface area contributed by atoms with Gasteiger partial charge < -0.3 is 5.32 Å². The van der Waals surface area contributed by atoms with Crippen molar-refractivity contribution < 1.29 is 14.1 Å². The van der Waals surface area contributed by atoms with Crippen LogP contribution in [0.4, 0.5) is 15.8 Å². The van der Waals surface area contributed by atoms with Crippen LogP contribution in [-0.2, 0) is 4.79 Å². The Morgan fingerprint density at radius 2 is 2.16 bits per heavy atom. The van der Waals surface area contributed by atoms with Crippen molar-refractivity contribution in [3.8, 4) is 0 Å². The number of rotatable bonds is 5. The third-order valence-electron chi connectivity index (χ3n) is 2.99. The summed E-state index contributed by atoms with van der Waals surface area (Å²) in [6.07, 6.45) is 0. The quantitative estimate of drug-likeness (QED) is 0.647. The van der Waals surface area contributed by atoms with Crippen LogP contribution in [0.1, 0.15) is 0 Å². The average molecular weight is 267 g/mol. The number of nitrogens with one attached hydrogen (secondary N) is 1. The van der Waals surface area contributed by atoms with Crippen LogP contribution in [0.2, 0.25) is 0 Å². The highest BCUT2D eigenvalue weighted by molar-refractivity contribution is 5.94. The van der Waals surface area contributed by atoms with Gasteiger partial charge in [0.25, 0.3) is 5.69 Å². The molecule has 0 unspecified atom stereocenters. The van der Waals surface area contributed by atoms with E-state index in [1.54, 1.807) is 11.0 Å². The van der Waals surface area contributed by atoms with Crippen LogP contribution in [0, 0.1) is 16.0 Å². The van der Waals surface area contributed by atoms with Crippen molar-refractivity contribution in [3.05, 3.63) is 34.4 Å². The van der Waals surface area contributed by atoms with Gasteiger partial charge in [0.05, 0.1) is 18.1 Å². The van der Waals surface area contributed by atoms with Crippen molar-refractivity contribution in [2.24, 2.45) is 5.92 Å². The molecule has 1 fully saturated rings. The van der Waals surface area contributed by atoms with Crippen molar-refractivity contribution >= 4 is 17.3 Å². The highest BCUT2D eigenvalue weighted by Gasteiger charge is 2.28. The van der Waals surface area contributed by atoms with Gasteiger partial charge in [0.2, 0.25) is 5.91 Å². The lowest BCUT2D eigenvalue weighted by molar-refractivity contribution is -0.383. The molecule has 0 aliphatic carbocycles. The number of nitro groups is 1. The van der Waals surface area contributed by atoms with Gasteiger partial charge in [0.15, 0.2) is 0 Å². The fraction of sp³-hybridized carbons (Fsp3) is 0.417. The van der Waals surface area contributed by atoms with Gasteiger partial charge in [-0.3, -0.25) is 24.2 Å². The first-order chi connectivity index (χ1) is 9.10. The zero-order chi connectivity index (χ0) is 13.8. The first-order valence-corrected chi connectivity index (χ1v) is 5.91. The Balaban J connectivity index is 1.91. The van der Waals surface area contributed by atoms with Gasteiger partial charge in [-0.1, -0.05) is 12.1 Å². The second-order valence-electron chi connectivity index (χ2n) is 4.54. The summed E-state index contributed by atoms with van der Waals surface area (Å²) in [5, 5.41) is 13.3. The third-order valence-corrected chi connectivity index (χ3v) is 2.99. The van der Waals surface area contributed by atoms with Crippen LogP contribution >= 0.6 is 0 Å². The molecule has 1 aliphatic rings. The first kappa shape index (κ1) is 13.4. The topological polar surface area (TPSA) is 75.5 Å². The van der Waals surface area contributed by atoms with Crippen LogP contribution < -0.4 is 5.32 Å². The molecule has 0 spiro atoms. The Kier molecular flexibility index (Phi) is 4.06. The number of carbonyl (C=O) groups excluding carboxylic acids is 1. The molecule has 0 aromatic heterocycles. The van der Waals surface area contributed by atoms with Gasteiger partial charge >= 0.3 is 0 Å². The smallest absolute Gasteiger partial charge is 0.292 e. The number of para-hydroxylation sites is 2. The summed E-state index contributed by atoms with van der Waals surface area (Å²) in [5.41, 5.74) is 0.0427. The Bertz CT molecular complexity index is 489. The van der Waals surface area contributed by atoms with E-state index in [-0.39, 0.29) is 36.4 Å². The van der Waals surface area contributed by atoms with Crippen molar-refractivity contribution in [1.82, 2.24) is 4.90 Å². The van der Waals surface area contributed by atoms with E-state index in [1.165, 1.54) is 18.2 Å². The summed E-state index contributed by atoms with van der Waals surface area (Å²) in [6.45, 7) is 0.867. The lowest BCUT2D eigenvalue weighted by atomic mass is 10.0. The van der Waals surface area contributed by atoms with Crippen LogP contribution in [-0.4, -0.2) is 42.0 Å². The van der Waals surface area contributed by atoms with Gasteiger partial charge in [0, 0.05) is 25.1 Å². The molecule has 1 N–H and O–H groups in total. The molecular weight excluding hydrogens is 253 g/mol. The fourth-order valence-corrected chi connectivity index (χ4v) is 2.03. The fourth-order valence-electron chi connectivity index (χ4n) is 2.03. The highest BCUT2D eigenvalue weighted by Crippen LogP contribution is 2.23. The number of likely N-dealkylation sites (tertiary alicyclic amines) is 1. The summed E-state index contributed by atoms with van der Waals surface area (Å²) in [6, 6.07) is 5.97. The maximum atomic E-state index is 12.2. The zero-order valence-corrected chi connectivity index (χ0v) is 10.2. The predicted molar refractivity (Wildman–Crippen MR) is 67.6 cm³/mol. The van der Waals surface area contributed by atoms with E-state index in [4.69, 9.17) is 0 Å². The maximum absolute atomic E-state index is 12.2. The lowest BCUT2D eigenvalue weighted by Crippen LogP contribution is -2.50. The van der Waals surface area contributed by atoms with E-state index >= 15 is 0 Å². The van der Waals surface area contributed by atoms with Crippen LogP contribution in [0.25, 0.3) is 0 Å². The molecule has 0 bridgehead atoms. The van der Waals surface area contributed by atoms with Crippen molar-refractivity contribution in [1.29, 1.82) is 0 Å². The van der Waals surface area contributed by atoms with E-state index in [0.29, 0.717) is 13.1 Å². The maximum Gasteiger partial charge on any atom is 0.292 e. The summed E-state index contributed by atoms with van der Waals surface area (Å²) < 4.78 is 12.2. The molecule has 1 aromatic rings. The molecule has 1 heterocycles. The van der Waals surface area contributed by atoms with E-state index in [9.17, 15) is 19.3 Å². The standard InChI is InChI=1S/C12H14FN3O3/c13-5-9-6-15(7-9)8-12(17)14-10-3-1-2-4-11(10)16(18)19/h1-4,9H,5-8H2,(H,14,17). The summed E-state index contributed by atoms with van der Waals surface area (Å²) in [4.78, 5) is 23.7. The lowest BCUT2D eigenvalue weighted by Gasteiger charge is -2.36. The molecule has 1 aromatic carbocycles. The molecule has 19 heavy (non-hydrogen) atoms. The number of amides is 1. The van der Waals surface area contributed by atoms with Gasteiger partial charge in [-0.25, -0.2) is 0 Å². The Hall–Kier alpha value is -2.02. The number of hydrogen-bond donors (Lipinski definition) is 1. The second kappa shape index (κ2) is 5.75. The normalized spacial score (nSPS) is 15.8. The Morgan fingerprint density at radius 3 is 2.79 bits per heavy atom. The van der Waals surface area contributed by atoms with E-state index in [1.807, 2.05) is 0 Å². The number of anilines is 1. The monoisotopic (exact) mass is 267 g/mol. The van der Waals surface area contributed by atoms with Crippen molar-refractivity contribution in [3.63, 3.8) is 0 Å². The number of carbonyl (C=O) groups is 1. The van der Waals surface area contributed by atoms with Gasteiger partial charge in [-0.05, 0) is 6.07 Å². The van der Waals surface area contributed by atoms with E-state index in [0.717, 1.165) is 0 Å². The van der Waals surface area contributed by atoms with Crippen LogP contribution in [0.3, 0.4) is 0 Å². The molecule has 102 valence electrons. The van der Waals surface area contributed by atoms with Crippen LogP contribution in [0.5, 0.6) is 0 Å². The summed E-state index contributed by atoms with van der Waals surface area (Å²) >= 11 is 0. The van der Waals surface area contributed by atoms with E-state index in [2.05, 4.69) is 5.32 Å². The molecule has 1 aliphatic heterocycles. The van der Waals surface area contributed by atoms with Gasteiger partial charge in [-0.2, -0.15) is 0 Å². The molecule has 0 saturated carbocycles.